The van der Waals surface area contributed by atoms with E-state index in [4.69, 9.17) is 0 Å². The Labute approximate surface area is 170 Å². The van der Waals surface area contributed by atoms with Crippen molar-refractivity contribution in [2.75, 3.05) is 6.54 Å². The SMILES string of the molecule is Cc1nc(C2CC2)nc2sc(C(=O)NCCc3ccc(C(F)(F)F)cc3)c(C)c12. The first-order chi connectivity index (χ1) is 13.7. The number of alkyl halides is 3. The largest absolute Gasteiger partial charge is 0.416 e. The lowest BCUT2D eigenvalue weighted by Gasteiger charge is -2.08. The zero-order valence-electron chi connectivity index (χ0n) is 16.1. The van der Waals surface area contributed by atoms with Crippen LogP contribution < -0.4 is 5.32 Å². The Morgan fingerprint density at radius 2 is 1.86 bits per heavy atom. The van der Waals surface area contributed by atoms with E-state index in [0.717, 1.165) is 57.8 Å². The number of rotatable bonds is 5. The summed E-state index contributed by atoms with van der Waals surface area (Å²) in [6.45, 7) is 4.19. The number of carbonyl (C=O) groups is 1. The van der Waals surface area contributed by atoms with Crippen molar-refractivity contribution < 1.29 is 18.0 Å². The number of benzene rings is 1. The molecular weight excluding hydrogens is 399 g/mol. The van der Waals surface area contributed by atoms with Crippen molar-refractivity contribution in [2.24, 2.45) is 0 Å². The van der Waals surface area contributed by atoms with E-state index in [9.17, 15) is 18.0 Å². The van der Waals surface area contributed by atoms with Crippen LogP contribution in [0.25, 0.3) is 10.2 Å². The fourth-order valence-corrected chi connectivity index (χ4v) is 4.52. The number of amides is 1. The first-order valence-corrected chi connectivity index (χ1v) is 10.3. The quantitative estimate of drug-likeness (QED) is 0.620. The summed E-state index contributed by atoms with van der Waals surface area (Å²) in [5.74, 6) is 1.12. The Bertz CT molecular complexity index is 1070. The Hall–Kier alpha value is -2.48. The van der Waals surface area contributed by atoms with E-state index < -0.39 is 11.7 Å². The summed E-state index contributed by atoms with van der Waals surface area (Å²) in [5.41, 5.74) is 1.83. The van der Waals surface area contributed by atoms with Gasteiger partial charge in [0.1, 0.15) is 10.7 Å². The molecule has 3 aromatic rings. The third-order valence-electron chi connectivity index (χ3n) is 5.12. The summed E-state index contributed by atoms with van der Waals surface area (Å²) in [5, 5.41) is 3.80. The fourth-order valence-electron chi connectivity index (χ4n) is 3.36. The van der Waals surface area contributed by atoms with Gasteiger partial charge in [0, 0.05) is 17.8 Å². The summed E-state index contributed by atoms with van der Waals surface area (Å²) in [6.07, 6.45) is -1.65. The Morgan fingerprint density at radius 1 is 1.17 bits per heavy atom. The molecule has 1 aromatic carbocycles. The second-order valence-corrected chi connectivity index (χ2v) is 8.38. The highest BCUT2D eigenvalue weighted by molar-refractivity contribution is 7.20. The zero-order chi connectivity index (χ0) is 20.8. The maximum atomic E-state index is 12.7. The molecule has 29 heavy (non-hydrogen) atoms. The molecule has 1 saturated carbocycles. The Balaban J connectivity index is 1.44. The molecule has 0 atom stereocenters. The predicted octanol–water partition coefficient (Wildman–Crippen LogP) is 5.18. The summed E-state index contributed by atoms with van der Waals surface area (Å²) in [6, 6.07) is 5.01. The fraction of sp³-hybridized carbons (Fsp3) is 0.381. The van der Waals surface area contributed by atoms with Crippen LogP contribution in [0.2, 0.25) is 0 Å². The van der Waals surface area contributed by atoms with E-state index in [1.54, 1.807) is 0 Å². The minimum absolute atomic E-state index is 0.190. The van der Waals surface area contributed by atoms with Crippen LogP contribution in [0.4, 0.5) is 13.2 Å². The maximum Gasteiger partial charge on any atom is 0.416 e. The molecule has 0 aliphatic heterocycles. The molecule has 1 aliphatic rings. The summed E-state index contributed by atoms with van der Waals surface area (Å²) in [7, 11) is 0. The molecule has 2 aromatic heterocycles. The van der Waals surface area contributed by atoms with Gasteiger partial charge in [0.05, 0.1) is 16.1 Å². The van der Waals surface area contributed by atoms with Crippen molar-refractivity contribution in [3.8, 4) is 0 Å². The van der Waals surface area contributed by atoms with Gasteiger partial charge in [0.25, 0.3) is 5.91 Å². The minimum atomic E-state index is -4.34. The van der Waals surface area contributed by atoms with Gasteiger partial charge in [-0.05, 0) is 56.4 Å². The van der Waals surface area contributed by atoms with E-state index in [1.807, 2.05) is 13.8 Å². The number of aromatic nitrogens is 2. The molecule has 1 aliphatic carbocycles. The van der Waals surface area contributed by atoms with Crippen molar-refractivity contribution in [1.29, 1.82) is 0 Å². The number of halogens is 3. The smallest absolute Gasteiger partial charge is 0.351 e. The van der Waals surface area contributed by atoms with Gasteiger partial charge >= 0.3 is 6.18 Å². The van der Waals surface area contributed by atoms with Crippen LogP contribution in [0.5, 0.6) is 0 Å². The monoisotopic (exact) mass is 419 g/mol. The van der Waals surface area contributed by atoms with Crippen molar-refractivity contribution >= 4 is 27.5 Å². The number of hydrogen-bond acceptors (Lipinski definition) is 4. The van der Waals surface area contributed by atoms with Crippen LogP contribution in [-0.2, 0) is 12.6 Å². The van der Waals surface area contributed by atoms with Crippen LogP contribution in [0.1, 0.15) is 56.6 Å². The number of nitrogens with one attached hydrogen (secondary N) is 1. The van der Waals surface area contributed by atoms with Crippen molar-refractivity contribution in [1.82, 2.24) is 15.3 Å². The number of fused-ring (bicyclic) bond motifs is 1. The molecular formula is C21H20F3N3OS. The van der Waals surface area contributed by atoms with Gasteiger partial charge in [0.2, 0.25) is 0 Å². The lowest BCUT2D eigenvalue weighted by molar-refractivity contribution is -0.137. The molecule has 4 rings (SSSR count). The third kappa shape index (κ3) is 4.12. The van der Waals surface area contributed by atoms with Crippen LogP contribution in [0.3, 0.4) is 0 Å². The zero-order valence-corrected chi connectivity index (χ0v) is 16.9. The standard InChI is InChI=1S/C21H20F3N3OS/c1-11-16-12(2)26-18(14-5-6-14)27-20(16)29-17(11)19(28)25-10-9-13-3-7-15(8-4-13)21(22,23)24/h3-4,7-8,14H,5-6,9-10H2,1-2H3,(H,25,28). The number of hydrogen-bond donors (Lipinski definition) is 1. The van der Waals surface area contributed by atoms with Crippen LogP contribution in [-0.4, -0.2) is 22.4 Å². The van der Waals surface area contributed by atoms with Crippen molar-refractivity contribution in [2.45, 2.75) is 45.2 Å². The molecule has 152 valence electrons. The molecule has 0 bridgehead atoms. The highest BCUT2D eigenvalue weighted by atomic mass is 32.1. The second kappa shape index (κ2) is 7.40. The molecule has 0 radical (unpaired) electrons. The number of carbonyl (C=O) groups excluding carboxylic acids is 1. The van der Waals surface area contributed by atoms with Crippen molar-refractivity contribution in [3.05, 3.63) is 57.4 Å². The summed E-state index contributed by atoms with van der Waals surface area (Å²) >= 11 is 1.37. The average molecular weight is 419 g/mol. The van der Waals surface area contributed by atoms with E-state index in [0.29, 0.717) is 23.8 Å². The average Bonchev–Trinajstić information content (AvgIpc) is 3.45. The van der Waals surface area contributed by atoms with E-state index >= 15 is 0 Å². The molecule has 1 fully saturated rings. The van der Waals surface area contributed by atoms with Gasteiger partial charge in [0.15, 0.2) is 0 Å². The van der Waals surface area contributed by atoms with Crippen molar-refractivity contribution in [3.63, 3.8) is 0 Å². The van der Waals surface area contributed by atoms with Gasteiger partial charge in [-0.25, -0.2) is 9.97 Å². The topological polar surface area (TPSA) is 54.9 Å². The van der Waals surface area contributed by atoms with Crippen LogP contribution >= 0.6 is 11.3 Å². The van der Waals surface area contributed by atoms with E-state index in [1.165, 1.54) is 23.5 Å². The summed E-state index contributed by atoms with van der Waals surface area (Å²) in [4.78, 5) is 23.4. The predicted molar refractivity (Wildman–Crippen MR) is 106 cm³/mol. The highest BCUT2D eigenvalue weighted by Gasteiger charge is 2.30. The Morgan fingerprint density at radius 3 is 2.48 bits per heavy atom. The molecule has 4 nitrogen and oxygen atoms in total. The number of thiophene rings is 1. The van der Waals surface area contributed by atoms with Gasteiger partial charge < -0.3 is 5.32 Å². The first kappa shape index (κ1) is 19.8. The maximum absolute atomic E-state index is 12.7. The Kier molecular flexibility index (Phi) is 5.06. The number of nitrogens with zero attached hydrogens (tertiary/aromatic N) is 2. The molecule has 2 heterocycles. The van der Waals surface area contributed by atoms with Crippen LogP contribution in [0, 0.1) is 13.8 Å². The number of aryl methyl sites for hydroxylation is 2. The molecule has 0 saturated heterocycles. The lowest BCUT2D eigenvalue weighted by Crippen LogP contribution is -2.25. The highest BCUT2D eigenvalue weighted by Crippen LogP contribution is 2.40. The summed E-state index contributed by atoms with van der Waals surface area (Å²) < 4.78 is 37.9. The van der Waals surface area contributed by atoms with Gasteiger partial charge in [-0.2, -0.15) is 13.2 Å². The van der Waals surface area contributed by atoms with Gasteiger partial charge in [-0.15, -0.1) is 11.3 Å². The molecule has 8 heteroatoms. The third-order valence-corrected chi connectivity index (χ3v) is 6.30. The second-order valence-electron chi connectivity index (χ2n) is 7.38. The van der Waals surface area contributed by atoms with Gasteiger partial charge in [-0.3, -0.25) is 4.79 Å². The minimum Gasteiger partial charge on any atom is -0.351 e. The molecule has 1 N–H and O–H groups in total. The first-order valence-electron chi connectivity index (χ1n) is 9.46. The molecule has 1 amide bonds. The molecule has 0 spiro atoms. The normalized spacial score (nSPS) is 14.4. The lowest BCUT2D eigenvalue weighted by atomic mass is 10.1. The van der Waals surface area contributed by atoms with E-state index in [2.05, 4.69) is 15.3 Å². The van der Waals surface area contributed by atoms with E-state index in [-0.39, 0.29) is 5.91 Å². The van der Waals surface area contributed by atoms with Gasteiger partial charge in [-0.1, -0.05) is 12.1 Å². The molecule has 0 unspecified atom stereocenters. The van der Waals surface area contributed by atoms with Crippen LogP contribution in [0.15, 0.2) is 24.3 Å².